The van der Waals surface area contributed by atoms with Gasteiger partial charge in [-0.1, -0.05) is 19.1 Å². The molecule has 2 aromatic carbocycles. The Hall–Kier alpha value is -3.02. The Bertz CT molecular complexity index is 1300. The summed E-state index contributed by atoms with van der Waals surface area (Å²) in [6, 6.07) is 16.0. The molecular weight excluding hydrogens is 462 g/mol. The molecule has 0 saturated heterocycles. The van der Waals surface area contributed by atoms with Gasteiger partial charge in [0.2, 0.25) is 10.0 Å². The highest BCUT2D eigenvalue weighted by Gasteiger charge is 2.28. The normalized spacial score (nSPS) is 14.0. The molecule has 1 aromatic heterocycles. The van der Waals surface area contributed by atoms with Crippen molar-refractivity contribution in [3.05, 3.63) is 48.0 Å². The standard InChI is InChI=1S/C27H33N3O4S/c1-3-17-35(31,32)29-21-11-9-20(10-12-21)27-25(19-28)24-14-13-23(34-16-6-15-33-4-2)18-26(24)30(27)22-7-5-8-22/h9-14,18,22,29H,3-8,15-17H2,1-2H3. The molecule has 0 bridgehead atoms. The molecule has 8 heteroatoms. The summed E-state index contributed by atoms with van der Waals surface area (Å²) in [5, 5.41) is 11.0. The Labute approximate surface area is 207 Å². The van der Waals surface area contributed by atoms with Gasteiger partial charge in [-0.3, -0.25) is 4.72 Å². The molecule has 1 heterocycles. The van der Waals surface area contributed by atoms with E-state index in [1.54, 1.807) is 12.1 Å². The maximum atomic E-state index is 12.1. The Morgan fingerprint density at radius 2 is 1.89 bits per heavy atom. The molecule has 1 N–H and O–H groups in total. The van der Waals surface area contributed by atoms with Crippen LogP contribution in [-0.2, 0) is 14.8 Å². The number of benzene rings is 2. The number of fused-ring (bicyclic) bond motifs is 1. The number of sulfonamides is 1. The Kier molecular flexibility index (Phi) is 7.99. The molecule has 0 radical (unpaired) electrons. The van der Waals surface area contributed by atoms with E-state index in [0.29, 0.717) is 43.5 Å². The van der Waals surface area contributed by atoms with E-state index >= 15 is 0 Å². The predicted octanol–water partition coefficient (Wildman–Crippen LogP) is 5.86. The third-order valence-electron chi connectivity index (χ3n) is 6.34. The summed E-state index contributed by atoms with van der Waals surface area (Å²) in [6.45, 7) is 5.76. The largest absolute Gasteiger partial charge is 0.493 e. The van der Waals surface area contributed by atoms with Gasteiger partial charge in [0, 0.05) is 42.8 Å². The van der Waals surface area contributed by atoms with Gasteiger partial charge in [0.25, 0.3) is 0 Å². The van der Waals surface area contributed by atoms with Crippen LogP contribution in [0.15, 0.2) is 42.5 Å². The van der Waals surface area contributed by atoms with E-state index in [1.165, 1.54) is 0 Å². The molecule has 1 aliphatic carbocycles. The number of aromatic nitrogens is 1. The van der Waals surface area contributed by atoms with Gasteiger partial charge in [-0.2, -0.15) is 5.26 Å². The predicted molar refractivity (Wildman–Crippen MR) is 139 cm³/mol. The fourth-order valence-corrected chi connectivity index (χ4v) is 5.63. The Morgan fingerprint density at radius 3 is 2.51 bits per heavy atom. The summed E-state index contributed by atoms with van der Waals surface area (Å²) >= 11 is 0. The van der Waals surface area contributed by atoms with Crippen LogP contribution in [0.2, 0.25) is 0 Å². The number of anilines is 1. The van der Waals surface area contributed by atoms with Crippen LogP contribution in [0.25, 0.3) is 22.2 Å². The fraction of sp³-hybridized carbons (Fsp3) is 0.444. The summed E-state index contributed by atoms with van der Waals surface area (Å²) in [5.41, 5.74) is 3.92. The van der Waals surface area contributed by atoms with Crippen molar-refractivity contribution in [3.63, 3.8) is 0 Å². The summed E-state index contributed by atoms with van der Waals surface area (Å²) in [7, 11) is -3.36. The minimum atomic E-state index is -3.36. The van der Waals surface area contributed by atoms with Crippen molar-refractivity contribution in [1.29, 1.82) is 5.26 Å². The van der Waals surface area contributed by atoms with Crippen LogP contribution >= 0.6 is 0 Å². The van der Waals surface area contributed by atoms with Gasteiger partial charge in [-0.15, -0.1) is 0 Å². The average Bonchev–Trinajstić information content (AvgIpc) is 3.11. The molecule has 186 valence electrons. The SMILES string of the molecule is CCCS(=O)(=O)Nc1ccc(-c2c(C#N)c3ccc(OCCCOCC)cc3n2C2CCC2)cc1. The molecule has 4 rings (SSSR count). The molecule has 1 fully saturated rings. The number of rotatable bonds is 12. The van der Waals surface area contributed by atoms with Gasteiger partial charge < -0.3 is 14.0 Å². The van der Waals surface area contributed by atoms with Crippen molar-refractivity contribution < 1.29 is 17.9 Å². The minimum absolute atomic E-state index is 0.0826. The highest BCUT2D eigenvalue weighted by atomic mass is 32.2. The molecule has 7 nitrogen and oxygen atoms in total. The van der Waals surface area contributed by atoms with Crippen LogP contribution in [-0.4, -0.2) is 38.6 Å². The van der Waals surface area contributed by atoms with E-state index in [9.17, 15) is 13.7 Å². The van der Waals surface area contributed by atoms with Crippen molar-refractivity contribution in [2.24, 2.45) is 0 Å². The van der Waals surface area contributed by atoms with Crippen LogP contribution < -0.4 is 9.46 Å². The molecule has 1 saturated carbocycles. The number of ether oxygens (including phenoxy) is 2. The van der Waals surface area contributed by atoms with Crippen molar-refractivity contribution in [2.75, 3.05) is 30.3 Å². The summed E-state index contributed by atoms with van der Waals surface area (Å²) in [4.78, 5) is 0. The first kappa shape index (κ1) is 25.1. The summed E-state index contributed by atoms with van der Waals surface area (Å²) < 4.78 is 40.6. The van der Waals surface area contributed by atoms with Crippen molar-refractivity contribution in [1.82, 2.24) is 4.57 Å². The van der Waals surface area contributed by atoms with Gasteiger partial charge in [-0.05, 0) is 62.4 Å². The van der Waals surface area contributed by atoms with Crippen LogP contribution in [0.3, 0.4) is 0 Å². The minimum Gasteiger partial charge on any atom is -0.493 e. The second kappa shape index (κ2) is 11.1. The molecule has 0 unspecified atom stereocenters. The zero-order valence-corrected chi connectivity index (χ0v) is 21.2. The Balaban J connectivity index is 1.69. The quantitative estimate of drug-likeness (QED) is 0.318. The van der Waals surface area contributed by atoms with E-state index in [1.807, 2.05) is 44.2 Å². The first-order valence-corrected chi connectivity index (χ1v) is 14.0. The van der Waals surface area contributed by atoms with Gasteiger partial charge in [-0.25, -0.2) is 8.42 Å². The van der Waals surface area contributed by atoms with E-state index in [4.69, 9.17) is 9.47 Å². The second-order valence-electron chi connectivity index (χ2n) is 8.87. The molecular formula is C27H33N3O4S. The molecule has 35 heavy (non-hydrogen) atoms. The summed E-state index contributed by atoms with van der Waals surface area (Å²) in [6.07, 6.45) is 4.67. The van der Waals surface area contributed by atoms with Crippen LogP contribution in [0, 0.1) is 11.3 Å². The summed E-state index contributed by atoms with van der Waals surface area (Å²) in [5.74, 6) is 0.864. The fourth-order valence-electron chi connectivity index (χ4n) is 4.49. The third-order valence-corrected chi connectivity index (χ3v) is 7.83. The maximum Gasteiger partial charge on any atom is 0.232 e. The first-order chi connectivity index (χ1) is 17.0. The lowest BCUT2D eigenvalue weighted by Gasteiger charge is -2.30. The number of nitrogens with zero attached hydrogens (tertiary/aromatic N) is 2. The lowest BCUT2D eigenvalue weighted by molar-refractivity contribution is 0.131. The maximum absolute atomic E-state index is 12.1. The third kappa shape index (κ3) is 5.63. The highest BCUT2D eigenvalue weighted by Crippen LogP contribution is 2.43. The van der Waals surface area contributed by atoms with E-state index in [-0.39, 0.29) is 5.75 Å². The Morgan fingerprint density at radius 1 is 1.11 bits per heavy atom. The van der Waals surface area contributed by atoms with Crippen LogP contribution in [0.1, 0.15) is 57.6 Å². The monoisotopic (exact) mass is 495 g/mol. The zero-order chi connectivity index (χ0) is 24.8. The number of nitriles is 1. The van der Waals surface area contributed by atoms with E-state index < -0.39 is 10.0 Å². The highest BCUT2D eigenvalue weighted by molar-refractivity contribution is 7.92. The number of hydrogen-bond acceptors (Lipinski definition) is 5. The van der Waals surface area contributed by atoms with Gasteiger partial charge in [0.1, 0.15) is 11.8 Å². The van der Waals surface area contributed by atoms with Crippen LogP contribution in [0.4, 0.5) is 5.69 Å². The lowest BCUT2D eigenvalue weighted by atomic mass is 9.92. The first-order valence-electron chi connectivity index (χ1n) is 12.4. The zero-order valence-electron chi connectivity index (χ0n) is 20.4. The van der Waals surface area contributed by atoms with Gasteiger partial charge in [0.05, 0.1) is 29.1 Å². The van der Waals surface area contributed by atoms with Crippen molar-refractivity contribution >= 4 is 26.6 Å². The average molecular weight is 496 g/mol. The molecule has 0 amide bonds. The smallest absolute Gasteiger partial charge is 0.232 e. The van der Waals surface area contributed by atoms with Gasteiger partial charge >= 0.3 is 0 Å². The van der Waals surface area contributed by atoms with Crippen molar-refractivity contribution in [2.45, 2.75) is 52.0 Å². The number of nitrogens with one attached hydrogen (secondary N) is 1. The van der Waals surface area contributed by atoms with E-state index in [0.717, 1.165) is 53.6 Å². The lowest BCUT2D eigenvalue weighted by Crippen LogP contribution is -2.18. The van der Waals surface area contributed by atoms with Crippen molar-refractivity contribution in [3.8, 4) is 23.1 Å². The van der Waals surface area contributed by atoms with E-state index in [2.05, 4.69) is 15.4 Å². The van der Waals surface area contributed by atoms with Gasteiger partial charge in [0.15, 0.2) is 0 Å². The van der Waals surface area contributed by atoms with Crippen LogP contribution in [0.5, 0.6) is 5.75 Å². The topological polar surface area (TPSA) is 93.4 Å². The number of hydrogen-bond donors (Lipinski definition) is 1. The molecule has 0 aliphatic heterocycles. The second-order valence-corrected chi connectivity index (χ2v) is 10.7. The molecule has 3 aromatic rings. The molecule has 1 aliphatic rings. The molecule has 0 atom stereocenters. The molecule has 0 spiro atoms.